The summed E-state index contributed by atoms with van der Waals surface area (Å²) in [6.45, 7) is 9.94. The molecule has 0 unspecified atom stereocenters. The van der Waals surface area contributed by atoms with E-state index in [1.165, 1.54) is 0 Å². The maximum Gasteiger partial charge on any atom is 0.417 e. The number of nitrogens with two attached hydrogens (primary N) is 1. The molecule has 0 aliphatic rings. The predicted octanol–water partition coefficient (Wildman–Crippen LogP) is 2.25. The average Bonchev–Trinajstić information content (AvgIpc) is 2.50. The molecule has 29 heavy (non-hydrogen) atoms. The molecule has 0 rings (SSSR count). The zero-order valence-electron chi connectivity index (χ0n) is 18.2. The molecule has 0 bridgehead atoms. The van der Waals surface area contributed by atoms with E-state index < -0.39 is 47.7 Å². The van der Waals surface area contributed by atoms with E-state index in [9.17, 15) is 19.2 Å². The first-order valence-corrected chi connectivity index (χ1v) is 9.62. The summed E-state index contributed by atoms with van der Waals surface area (Å²) >= 11 is 0. The van der Waals surface area contributed by atoms with Gasteiger partial charge in [0.2, 0.25) is 0 Å². The zero-order chi connectivity index (χ0) is 22.8. The van der Waals surface area contributed by atoms with Crippen LogP contribution in [-0.4, -0.2) is 64.4 Å². The number of carboxylic acids is 1. The number of ether oxygens (including phenoxy) is 2. The Morgan fingerprint density at radius 1 is 1.00 bits per heavy atom. The van der Waals surface area contributed by atoms with Crippen molar-refractivity contribution in [2.24, 2.45) is 5.73 Å². The minimum atomic E-state index is -1.17. The molecule has 0 aromatic carbocycles. The first kappa shape index (κ1) is 26.6. The number of aliphatic carboxylic acids is 1. The third-order valence-electron chi connectivity index (χ3n) is 3.37. The largest absolute Gasteiger partial charge is 0.481 e. The van der Waals surface area contributed by atoms with Gasteiger partial charge in [0.05, 0.1) is 6.42 Å². The lowest BCUT2D eigenvalue weighted by molar-refractivity contribution is -0.138. The molecule has 0 aromatic heterocycles. The smallest absolute Gasteiger partial charge is 0.417 e. The van der Waals surface area contributed by atoms with E-state index in [0.717, 1.165) is 0 Å². The van der Waals surface area contributed by atoms with Gasteiger partial charge in [0.1, 0.15) is 17.2 Å². The molecule has 1 atom stereocenters. The van der Waals surface area contributed by atoms with E-state index in [-0.39, 0.29) is 13.0 Å². The van der Waals surface area contributed by atoms with E-state index in [2.05, 4.69) is 5.32 Å². The molecule has 10 nitrogen and oxygen atoms in total. The third kappa shape index (κ3) is 12.7. The first-order valence-electron chi connectivity index (χ1n) is 9.62. The lowest BCUT2D eigenvalue weighted by Gasteiger charge is -2.29. The van der Waals surface area contributed by atoms with Gasteiger partial charge in [0.25, 0.3) is 5.91 Å². The Morgan fingerprint density at radius 3 is 2.00 bits per heavy atom. The number of hydrogen-bond donors (Lipinski definition) is 3. The van der Waals surface area contributed by atoms with Gasteiger partial charge in [-0.3, -0.25) is 9.59 Å². The van der Waals surface area contributed by atoms with Crippen LogP contribution in [0.1, 0.15) is 67.2 Å². The Bertz CT molecular complexity index is 579. The van der Waals surface area contributed by atoms with E-state index >= 15 is 0 Å². The summed E-state index contributed by atoms with van der Waals surface area (Å²) in [4.78, 5) is 49.3. The van der Waals surface area contributed by atoms with Crippen molar-refractivity contribution in [3.05, 3.63) is 0 Å². The molecule has 0 radical (unpaired) electrons. The van der Waals surface area contributed by atoms with Gasteiger partial charge in [-0.2, -0.15) is 0 Å². The Labute approximate surface area is 172 Å². The standard InChI is InChI=1S/C19H35N3O7/c1-18(2,3)28-16(26)21-13(9-7-8-11-20)15(25)22(12-10-14(23)24)17(27)29-19(4,5)6/h13H,7-12,20H2,1-6H3,(H,21,26)(H,23,24)/t13-/m0/s1. The van der Waals surface area contributed by atoms with Crippen LogP contribution in [0.15, 0.2) is 0 Å². The highest BCUT2D eigenvalue weighted by Gasteiger charge is 2.34. The molecule has 168 valence electrons. The van der Waals surface area contributed by atoms with Gasteiger partial charge in [-0.1, -0.05) is 0 Å². The van der Waals surface area contributed by atoms with Gasteiger partial charge in [-0.15, -0.1) is 0 Å². The monoisotopic (exact) mass is 417 g/mol. The number of alkyl carbamates (subject to hydrolysis) is 1. The molecule has 0 aromatic rings. The van der Waals surface area contributed by atoms with Crippen molar-refractivity contribution in [1.82, 2.24) is 10.2 Å². The van der Waals surface area contributed by atoms with Gasteiger partial charge in [0.15, 0.2) is 0 Å². The van der Waals surface area contributed by atoms with Crippen molar-refractivity contribution in [2.45, 2.75) is 84.5 Å². The van der Waals surface area contributed by atoms with Crippen LogP contribution in [-0.2, 0) is 19.1 Å². The summed E-state index contributed by atoms with van der Waals surface area (Å²) in [5.74, 6) is -1.94. The topological polar surface area (TPSA) is 148 Å². The quantitative estimate of drug-likeness (QED) is 0.484. The van der Waals surface area contributed by atoms with Crippen LogP contribution in [0, 0.1) is 0 Å². The maximum absolute atomic E-state index is 13.0. The lowest BCUT2D eigenvalue weighted by Crippen LogP contribution is -2.52. The summed E-state index contributed by atoms with van der Waals surface area (Å²) in [5.41, 5.74) is 3.83. The highest BCUT2D eigenvalue weighted by Crippen LogP contribution is 2.14. The van der Waals surface area contributed by atoms with Crippen molar-refractivity contribution in [3.63, 3.8) is 0 Å². The number of carboxylic acid groups (broad SMARTS) is 1. The van der Waals surface area contributed by atoms with Gasteiger partial charge >= 0.3 is 18.2 Å². The van der Waals surface area contributed by atoms with Crippen molar-refractivity contribution in [2.75, 3.05) is 13.1 Å². The highest BCUT2D eigenvalue weighted by molar-refractivity contribution is 5.96. The van der Waals surface area contributed by atoms with Gasteiger partial charge in [0, 0.05) is 6.54 Å². The highest BCUT2D eigenvalue weighted by atomic mass is 16.6. The summed E-state index contributed by atoms with van der Waals surface area (Å²) in [7, 11) is 0. The fraction of sp³-hybridized carbons (Fsp3) is 0.789. The predicted molar refractivity (Wildman–Crippen MR) is 106 cm³/mol. The number of imide groups is 1. The molecule has 0 aliphatic heterocycles. The summed E-state index contributed by atoms with van der Waals surface area (Å²) in [6, 6.07) is -1.09. The number of nitrogens with zero attached hydrogens (tertiary/aromatic N) is 1. The summed E-state index contributed by atoms with van der Waals surface area (Å²) < 4.78 is 10.4. The Kier molecular flexibility index (Phi) is 10.7. The Balaban J connectivity index is 5.53. The van der Waals surface area contributed by atoms with E-state index in [1.807, 2.05) is 0 Å². The third-order valence-corrected chi connectivity index (χ3v) is 3.37. The second-order valence-corrected chi connectivity index (χ2v) is 8.60. The summed E-state index contributed by atoms with van der Waals surface area (Å²) in [5, 5.41) is 11.4. The molecule has 0 fully saturated rings. The van der Waals surface area contributed by atoms with Crippen LogP contribution in [0.3, 0.4) is 0 Å². The van der Waals surface area contributed by atoms with Crippen molar-refractivity contribution in [3.8, 4) is 0 Å². The number of rotatable bonds is 9. The molecule has 0 spiro atoms. The number of unbranched alkanes of at least 4 members (excludes halogenated alkanes) is 1. The number of nitrogens with one attached hydrogen (secondary N) is 1. The molecule has 10 heteroatoms. The maximum atomic E-state index is 13.0. The van der Waals surface area contributed by atoms with Gasteiger partial charge < -0.3 is 25.6 Å². The number of hydrogen-bond acceptors (Lipinski definition) is 7. The van der Waals surface area contributed by atoms with Crippen LogP contribution < -0.4 is 11.1 Å². The first-order chi connectivity index (χ1) is 13.2. The van der Waals surface area contributed by atoms with Gasteiger partial charge in [-0.25, -0.2) is 14.5 Å². The van der Waals surface area contributed by atoms with Crippen LogP contribution in [0.2, 0.25) is 0 Å². The fourth-order valence-corrected chi connectivity index (χ4v) is 2.20. The molecule has 0 saturated heterocycles. The average molecular weight is 418 g/mol. The lowest BCUT2D eigenvalue weighted by atomic mass is 10.1. The molecule has 0 aliphatic carbocycles. The van der Waals surface area contributed by atoms with Crippen LogP contribution >= 0.6 is 0 Å². The molecular formula is C19H35N3O7. The minimum Gasteiger partial charge on any atom is -0.481 e. The SMILES string of the molecule is CC(C)(C)OC(=O)N[C@@H](CCCCN)C(=O)N(CCC(=O)O)C(=O)OC(C)(C)C. The zero-order valence-corrected chi connectivity index (χ0v) is 18.2. The van der Waals surface area contributed by atoms with Crippen molar-refractivity contribution in [1.29, 1.82) is 0 Å². The molecule has 0 heterocycles. The molecule has 3 amide bonds. The molecule has 4 N–H and O–H groups in total. The number of carbonyl (C=O) groups excluding carboxylic acids is 3. The van der Waals surface area contributed by atoms with Crippen molar-refractivity contribution < 1.29 is 33.8 Å². The normalized spacial score (nSPS) is 12.7. The van der Waals surface area contributed by atoms with Gasteiger partial charge in [-0.05, 0) is 67.3 Å². The van der Waals surface area contributed by atoms with Crippen LogP contribution in [0.5, 0.6) is 0 Å². The minimum absolute atomic E-state index is 0.210. The second kappa shape index (κ2) is 11.6. The van der Waals surface area contributed by atoms with Crippen molar-refractivity contribution >= 4 is 24.1 Å². The molecular weight excluding hydrogens is 382 g/mol. The van der Waals surface area contributed by atoms with Crippen LogP contribution in [0.4, 0.5) is 9.59 Å². The van der Waals surface area contributed by atoms with E-state index in [0.29, 0.717) is 24.3 Å². The number of carbonyl (C=O) groups is 4. The Morgan fingerprint density at radius 2 is 1.55 bits per heavy atom. The fourth-order valence-electron chi connectivity index (χ4n) is 2.20. The number of amides is 3. The summed E-state index contributed by atoms with van der Waals surface area (Å²) in [6.07, 6.45) is -0.899. The Hall–Kier alpha value is -2.36. The van der Waals surface area contributed by atoms with Crippen LogP contribution in [0.25, 0.3) is 0 Å². The van der Waals surface area contributed by atoms with E-state index in [4.69, 9.17) is 20.3 Å². The molecule has 0 saturated carbocycles. The van der Waals surface area contributed by atoms with E-state index in [1.54, 1.807) is 41.5 Å². The second-order valence-electron chi connectivity index (χ2n) is 8.60.